The topological polar surface area (TPSA) is 48.1 Å². The highest BCUT2D eigenvalue weighted by molar-refractivity contribution is 5.35. The van der Waals surface area contributed by atoms with Crippen LogP contribution in [-0.4, -0.2) is 11.6 Å². The normalized spacial score (nSPS) is 10.1. The molecule has 0 aliphatic rings. The second-order valence-electron chi connectivity index (χ2n) is 1.79. The Bertz CT molecular complexity index is 242. The van der Waals surface area contributed by atoms with Crippen molar-refractivity contribution in [2.24, 2.45) is 0 Å². The van der Waals surface area contributed by atoms with Crippen LogP contribution in [0.4, 0.5) is 14.6 Å². The number of pyridine rings is 1. The zero-order valence-corrected chi connectivity index (χ0v) is 5.50. The van der Waals surface area contributed by atoms with Crippen LogP contribution in [0.5, 0.6) is 5.75 Å². The van der Waals surface area contributed by atoms with Crippen molar-refractivity contribution >= 4 is 5.82 Å². The number of anilines is 1. The van der Waals surface area contributed by atoms with Gasteiger partial charge in [0, 0.05) is 12.3 Å². The summed E-state index contributed by atoms with van der Waals surface area (Å²) in [6.07, 6.45) is 1.30. The van der Waals surface area contributed by atoms with Crippen LogP contribution in [0.25, 0.3) is 0 Å². The molecule has 0 saturated carbocycles. The fourth-order valence-corrected chi connectivity index (χ4v) is 0.604. The molecule has 0 amide bonds. The lowest BCUT2D eigenvalue weighted by molar-refractivity contribution is -0.0498. The highest BCUT2D eigenvalue weighted by Crippen LogP contribution is 2.14. The van der Waals surface area contributed by atoms with Crippen LogP contribution in [0, 0.1) is 0 Å². The van der Waals surface area contributed by atoms with Gasteiger partial charge < -0.3 is 10.5 Å². The summed E-state index contributed by atoms with van der Waals surface area (Å²) in [5.74, 6) is 0.177. The lowest BCUT2D eigenvalue weighted by atomic mass is 10.4. The number of aromatic nitrogens is 1. The Hall–Kier alpha value is -1.39. The van der Waals surface area contributed by atoms with Crippen LogP contribution >= 0.6 is 0 Å². The van der Waals surface area contributed by atoms with E-state index in [1.54, 1.807) is 0 Å². The fourth-order valence-electron chi connectivity index (χ4n) is 0.604. The largest absolute Gasteiger partial charge is 0.435 e. The summed E-state index contributed by atoms with van der Waals surface area (Å²) >= 11 is 0. The first-order chi connectivity index (χ1) is 5.18. The quantitative estimate of drug-likeness (QED) is 0.708. The van der Waals surface area contributed by atoms with Crippen LogP contribution in [0.1, 0.15) is 0 Å². The number of nitrogen functional groups attached to an aromatic ring is 1. The van der Waals surface area contributed by atoms with Crippen molar-refractivity contribution in [1.29, 1.82) is 0 Å². The van der Waals surface area contributed by atoms with Gasteiger partial charge in [0.2, 0.25) is 0 Å². The number of halogens is 2. The summed E-state index contributed by atoms with van der Waals surface area (Å²) in [5, 5.41) is 0. The number of alkyl halides is 2. The Labute approximate surface area is 61.8 Å². The molecule has 3 nitrogen and oxygen atoms in total. The Balaban J connectivity index is 2.71. The van der Waals surface area contributed by atoms with Gasteiger partial charge in [0.15, 0.2) is 0 Å². The van der Waals surface area contributed by atoms with Gasteiger partial charge in [0.05, 0.1) is 0 Å². The Morgan fingerprint density at radius 3 is 2.82 bits per heavy atom. The van der Waals surface area contributed by atoms with Crippen molar-refractivity contribution in [2.75, 3.05) is 5.73 Å². The molecule has 0 aliphatic carbocycles. The minimum atomic E-state index is -2.82. The third-order valence-electron chi connectivity index (χ3n) is 0.978. The summed E-state index contributed by atoms with van der Waals surface area (Å²) in [7, 11) is 0. The second-order valence-corrected chi connectivity index (χ2v) is 1.79. The van der Waals surface area contributed by atoms with E-state index in [1.807, 2.05) is 0 Å². The highest BCUT2D eigenvalue weighted by atomic mass is 19.3. The molecule has 0 radical (unpaired) electrons. The molecule has 0 aromatic carbocycles. The molecule has 0 fully saturated rings. The smallest absolute Gasteiger partial charge is 0.387 e. The van der Waals surface area contributed by atoms with Gasteiger partial charge in [-0.3, -0.25) is 0 Å². The maximum absolute atomic E-state index is 11.6. The average Bonchev–Trinajstić information content (AvgIpc) is 1.85. The van der Waals surface area contributed by atoms with E-state index in [-0.39, 0.29) is 11.6 Å². The SMILES string of the molecule is Nc1cc(OC(F)F)ccn1. The van der Waals surface area contributed by atoms with Crippen molar-refractivity contribution in [3.8, 4) is 5.75 Å². The molecular weight excluding hydrogens is 154 g/mol. The molecule has 11 heavy (non-hydrogen) atoms. The van der Waals surface area contributed by atoms with E-state index in [1.165, 1.54) is 18.3 Å². The Morgan fingerprint density at radius 2 is 2.27 bits per heavy atom. The van der Waals surface area contributed by atoms with Gasteiger partial charge in [0.25, 0.3) is 0 Å². The number of nitrogens with zero attached hydrogens (tertiary/aromatic N) is 1. The third kappa shape index (κ3) is 2.37. The molecule has 0 spiro atoms. The number of ether oxygens (including phenoxy) is 1. The molecule has 1 rings (SSSR count). The first-order valence-electron chi connectivity index (χ1n) is 2.85. The third-order valence-corrected chi connectivity index (χ3v) is 0.978. The summed E-state index contributed by atoms with van der Waals surface area (Å²) in [5.41, 5.74) is 5.20. The zero-order chi connectivity index (χ0) is 8.27. The van der Waals surface area contributed by atoms with Crippen LogP contribution in [0.3, 0.4) is 0 Å². The number of hydrogen-bond donors (Lipinski definition) is 1. The van der Waals surface area contributed by atoms with Gasteiger partial charge in [-0.05, 0) is 6.07 Å². The molecule has 1 heterocycles. The van der Waals surface area contributed by atoms with Crippen molar-refractivity contribution in [3.05, 3.63) is 18.3 Å². The predicted molar refractivity (Wildman–Crippen MR) is 35.3 cm³/mol. The fraction of sp³-hybridized carbons (Fsp3) is 0.167. The van der Waals surface area contributed by atoms with Crippen LogP contribution in [0.15, 0.2) is 18.3 Å². The summed E-state index contributed by atoms with van der Waals surface area (Å²) in [4.78, 5) is 3.60. The van der Waals surface area contributed by atoms with Gasteiger partial charge in [-0.1, -0.05) is 0 Å². The lowest BCUT2D eigenvalue weighted by Crippen LogP contribution is -2.02. The summed E-state index contributed by atoms with van der Waals surface area (Å²) in [6, 6.07) is 2.54. The minimum absolute atomic E-state index is 0.0208. The number of rotatable bonds is 2. The summed E-state index contributed by atoms with van der Waals surface area (Å²) < 4.78 is 27.2. The molecule has 0 aliphatic heterocycles. The van der Waals surface area contributed by atoms with E-state index in [0.29, 0.717) is 0 Å². The average molecular weight is 160 g/mol. The molecule has 2 N–H and O–H groups in total. The zero-order valence-electron chi connectivity index (χ0n) is 5.50. The molecule has 0 saturated heterocycles. The van der Waals surface area contributed by atoms with Crippen LogP contribution < -0.4 is 10.5 Å². The molecule has 0 unspecified atom stereocenters. The molecule has 1 aromatic rings. The van der Waals surface area contributed by atoms with E-state index in [2.05, 4.69) is 9.72 Å². The van der Waals surface area contributed by atoms with Crippen molar-refractivity contribution < 1.29 is 13.5 Å². The van der Waals surface area contributed by atoms with E-state index in [0.717, 1.165) is 0 Å². The number of hydrogen-bond acceptors (Lipinski definition) is 3. The predicted octanol–water partition coefficient (Wildman–Crippen LogP) is 1.27. The van der Waals surface area contributed by atoms with Gasteiger partial charge in [-0.2, -0.15) is 8.78 Å². The maximum atomic E-state index is 11.6. The van der Waals surface area contributed by atoms with Crippen LogP contribution in [-0.2, 0) is 0 Å². The highest BCUT2D eigenvalue weighted by Gasteiger charge is 2.03. The second kappa shape index (κ2) is 3.14. The van der Waals surface area contributed by atoms with E-state index < -0.39 is 6.61 Å². The van der Waals surface area contributed by atoms with E-state index >= 15 is 0 Å². The Morgan fingerprint density at radius 1 is 1.55 bits per heavy atom. The van der Waals surface area contributed by atoms with E-state index in [9.17, 15) is 8.78 Å². The van der Waals surface area contributed by atoms with Gasteiger partial charge in [-0.25, -0.2) is 4.98 Å². The maximum Gasteiger partial charge on any atom is 0.387 e. The monoisotopic (exact) mass is 160 g/mol. The van der Waals surface area contributed by atoms with Gasteiger partial charge in [0.1, 0.15) is 11.6 Å². The number of nitrogens with two attached hydrogens (primary N) is 1. The van der Waals surface area contributed by atoms with Crippen LogP contribution in [0.2, 0.25) is 0 Å². The first kappa shape index (κ1) is 7.71. The minimum Gasteiger partial charge on any atom is -0.435 e. The molecule has 1 aromatic heterocycles. The molecule has 0 atom stereocenters. The van der Waals surface area contributed by atoms with Crippen molar-refractivity contribution in [3.63, 3.8) is 0 Å². The molecule has 60 valence electrons. The molecule has 5 heteroatoms. The lowest BCUT2D eigenvalue weighted by Gasteiger charge is -2.02. The van der Waals surface area contributed by atoms with Crippen molar-refractivity contribution in [2.45, 2.75) is 6.61 Å². The van der Waals surface area contributed by atoms with Gasteiger partial charge in [-0.15, -0.1) is 0 Å². The summed E-state index contributed by atoms with van der Waals surface area (Å²) in [6.45, 7) is -2.82. The van der Waals surface area contributed by atoms with Crippen molar-refractivity contribution in [1.82, 2.24) is 4.98 Å². The van der Waals surface area contributed by atoms with Gasteiger partial charge >= 0.3 is 6.61 Å². The first-order valence-corrected chi connectivity index (χ1v) is 2.85. The standard InChI is InChI=1S/C6H6F2N2O/c7-6(8)11-4-1-2-10-5(9)3-4/h1-3,6H,(H2,9,10). The molecule has 0 bridgehead atoms. The molecular formula is C6H6F2N2O. The van der Waals surface area contributed by atoms with E-state index in [4.69, 9.17) is 5.73 Å². The Kier molecular flexibility index (Phi) is 2.20.